The Hall–Kier alpha value is -3.15. The Morgan fingerprint density at radius 1 is 0.964 bits per heavy atom. The van der Waals surface area contributed by atoms with Crippen molar-refractivity contribution in [2.24, 2.45) is 5.10 Å². The average molecular weight is 376 g/mol. The average Bonchev–Trinajstić information content (AvgIpc) is 3.43. The summed E-state index contributed by atoms with van der Waals surface area (Å²) in [5.41, 5.74) is 2.49. The van der Waals surface area contributed by atoms with E-state index in [1.807, 2.05) is 65.7 Å². The highest BCUT2D eigenvalue weighted by Crippen LogP contribution is 2.34. The van der Waals surface area contributed by atoms with Gasteiger partial charge in [-0.2, -0.15) is 5.10 Å². The Morgan fingerprint density at radius 2 is 1.61 bits per heavy atom. The van der Waals surface area contributed by atoms with E-state index in [0.29, 0.717) is 12.1 Å². The Labute approximate surface area is 164 Å². The summed E-state index contributed by atoms with van der Waals surface area (Å²) in [5.74, 6) is -0.295. The number of carbonyl (C=O) groups excluding carboxylic acids is 2. The molecular weight excluding hydrogens is 352 g/mol. The van der Waals surface area contributed by atoms with E-state index in [1.165, 1.54) is 0 Å². The van der Waals surface area contributed by atoms with Gasteiger partial charge in [0.05, 0.1) is 18.3 Å². The van der Waals surface area contributed by atoms with Gasteiger partial charge in [-0.25, -0.2) is 0 Å². The lowest BCUT2D eigenvalue weighted by atomic mass is 10.0. The number of para-hydroxylation sites is 1. The van der Waals surface area contributed by atoms with E-state index in [0.717, 1.165) is 37.2 Å². The smallest absolute Gasteiger partial charge is 0.268 e. The third-order valence-corrected chi connectivity index (χ3v) is 5.24. The number of nitrogens with zero attached hydrogens (tertiary/aromatic N) is 3. The maximum Gasteiger partial charge on any atom is 0.268 e. The standard InChI is InChI=1S/C22H24N4O2/c27-21(25-13-7-8-14-25)16-23-22(28)19-15-20(17-9-3-1-4-10-17)26(24-19)18-11-5-2-6-12-18/h1-6,9-12,20H,7-8,13-16H2,(H,23,28). The number of hydrogen-bond acceptors (Lipinski definition) is 4. The zero-order valence-corrected chi connectivity index (χ0v) is 15.8. The van der Waals surface area contributed by atoms with Crippen LogP contribution in [0.4, 0.5) is 5.69 Å². The molecule has 2 amide bonds. The lowest BCUT2D eigenvalue weighted by Gasteiger charge is -2.23. The predicted octanol–water partition coefficient (Wildman–Crippen LogP) is 2.73. The second-order valence-corrected chi connectivity index (χ2v) is 7.13. The molecule has 4 rings (SSSR count). The van der Waals surface area contributed by atoms with Crippen molar-refractivity contribution in [2.45, 2.75) is 25.3 Å². The number of hydrazone groups is 1. The number of nitrogens with one attached hydrogen (secondary N) is 1. The third kappa shape index (κ3) is 3.91. The summed E-state index contributed by atoms with van der Waals surface area (Å²) in [7, 11) is 0. The fourth-order valence-corrected chi connectivity index (χ4v) is 3.74. The fraction of sp³-hybridized carbons (Fsp3) is 0.318. The number of benzene rings is 2. The topological polar surface area (TPSA) is 65.0 Å². The summed E-state index contributed by atoms with van der Waals surface area (Å²) in [5, 5.41) is 9.26. The highest BCUT2D eigenvalue weighted by Gasteiger charge is 2.32. The maximum absolute atomic E-state index is 12.7. The molecule has 28 heavy (non-hydrogen) atoms. The van der Waals surface area contributed by atoms with Gasteiger partial charge in [-0.1, -0.05) is 48.5 Å². The summed E-state index contributed by atoms with van der Waals surface area (Å²) < 4.78 is 0. The summed E-state index contributed by atoms with van der Waals surface area (Å²) in [6.45, 7) is 1.60. The van der Waals surface area contributed by atoms with E-state index in [4.69, 9.17) is 0 Å². The predicted molar refractivity (Wildman–Crippen MR) is 109 cm³/mol. The van der Waals surface area contributed by atoms with Gasteiger partial charge in [0, 0.05) is 19.5 Å². The zero-order chi connectivity index (χ0) is 19.3. The van der Waals surface area contributed by atoms with Crippen LogP contribution in [0.5, 0.6) is 0 Å². The molecule has 2 aliphatic rings. The highest BCUT2D eigenvalue weighted by molar-refractivity contribution is 6.40. The summed E-state index contributed by atoms with van der Waals surface area (Å²) >= 11 is 0. The molecule has 1 fully saturated rings. The summed E-state index contributed by atoms with van der Waals surface area (Å²) in [6, 6.07) is 19.9. The number of rotatable bonds is 5. The van der Waals surface area contributed by atoms with Gasteiger partial charge in [0.2, 0.25) is 5.91 Å². The van der Waals surface area contributed by atoms with Crippen molar-refractivity contribution in [1.82, 2.24) is 10.2 Å². The molecule has 0 radical (unpaired) electrons. The van der Waals surface area contributed by atoms with Gasteiger partial charge < -0.3 is 10.2 Å². The zero-order valence-electron chi connectivity index (χ0n) is 15.8. The van der Waals surface area contributed by atoms with Gasteiger partial charge in [0.1, 0.15) is 5.71 Å². The molecule has 0 aliphatic carbocycles. The van der Waals surface area contributed by atoms with Crippen LogP contribution in [-0.4, -0.2) is 42.1 Å². The molecule has 2 aromatic rings. The molecule has 1 saturated heterocycles. The van der Waals surface area contributed by atoms with Crippen LogP contribution in [0.2, 0.25) is 0 Å². The van der Waals surface area contributed by atoms with Crippen LogP contribution in [0, 0.1) is 0 Å². The molecule has 0 bridgehead atoms. The number of likely N-dealkylation sites (tertiary alicyclic amines) is 1. The van der Waals surface area contributed by atoms with E-state index in [1.54, 1.807) is 4.90 Å². The molecule has 2 aliphatic heterocycles. The van der Waals surface area contributed by atoms with E-state index in [2.05, 4.69) is 10.4 Å². The Kier molecular flexibility index (Phi) is 5.37. The van der Waals surface area contributed by atoms with Crippen molar-refractivity contribution in [3.05, 3.63) is 66.2 Å². The second-order valence-electron chi connectivity index (χ2n) is 7.13. The first-order valence-corrected chi connectivity index (χ1v) is 9.75. The molecule has 0 spiro atoms. The van der Waals surface area contributed by atoms with E-state index in [9.17, 15) is 9.59 Å². The number of anilines is 1. The molecule has 6 nitrogen and oxygen atoms in total. The van der Waals surface area contributed by atoms with Gasteiger partial charge >= 0.3 is 0 Å². The van der Waals surface area contributed by atoms with Crippen LogP contribution in [0.15, 0.2) is 65.8 Å². The molecule has 0 aromatic heterocycles. The van der Waals surface area contributed by atoms with Crippen LogP contribution in [-0.2, 0) is 9.59 Å². The Bertz CT molecular complexity index is 861. The molecule has 1 unspecified atom stereocenters. The van der Waals surface area contributed by atoms with Crippen LogP contribution in [0.3, 0.4) is 0 Å². The van der Waals surface area contributed by atoms with Crippen molar-refractivity contribution in [1.29, 1.82) is 0 Å². The molecule has 0 saturated carbocycles. The molecule has 2 aromatic carbocycles. The molecule has 144 valence electrons. The van der Waals surface area contributed by atoms with Gasteiger partial charge in [-0.15, -0.1) is 0 Å². The van der Waals surface area contributed by atoms with Crippen LogP contribution in [0.1, 0.15) is 30.9 Å². The van der Waals surface area contributed by atoms with Crippen molar-refractivity contribution in [3.63, 3.8) is 0 Å². The first-order chi connectivity index (χ1) is 13.7. The minimum Gasteiger partial charge on any atom is -0.342 e. The Morgan fingerprint density at radius 3 is 2.29 bits per heavy atom. The molecule has 2 heterocycles. The van der Waals surface area contributed by atoms with Gasteiger partial charge in [0.25, 0.3) is 5.91 Å². The van der Waals surface area contributed by atoms with Crippen molar-refractivity contribution in [3.8, 4) is 0 Å². The minimum absolute atomic E-state index is 0.0241. The largest absolute Gasteiger partial charge is 0.342 e. The van der Waals surface area contributed by atoms with E-state index in [-0.39, 0.29) is 24.4 Å². The van der Waals surface area contributed by atoms with Crippen molar-refractivity contribution >= 4 is 23.2 Å². The normalized spacial score (nSPS) is 18.9. The SMILES string of the molecule is O=C(NCC(=O)N1CCCC1)C1=NN(c2ccccc2)C(c2ccccc2)C1. The third-order valence-electron chi connectivity index (χ3n) is 5.24. The quantitative estimate of drug-likeness (QED) is 0.873. The van der Waals surface area contributed by atoms with E-state index >= 15 is 0 Å². The van der Waals surface area contributed by atoms with Gasteiger partial charge in [-0.05, 0) is 30.5 Å². The Balaban J connectivity index is 1.49. The molecule has 6 heteroatoms. The highest BCUT2D eigenvalue weighted by atomic mass is 16.2. The number of hydrogen-bond donors (Lipinski definition) is 1. The van der Waals surface area contributed by atoms with Crippen LogP contribution < -0.4 is 10.3 Å². The minimum atomic E-state index is -0.271. The van der Waals surface area contributed by atoms with E-state index < -0.39 is 0 Å². The van der Waals surface area contributed by atoms with Crippen molar-refractivity contribution in [2.75, 3.05) is 24.6 Å². The van der Waals surface area contributed by atoms with Gasteiger partial charge in [0.15, 0.2) is 0 Å². The summed E-state index contributed by atoms with van der Waals surface area (Å²) in [6.07, 6.45) is 2.58. The fourth-order valence-electron chi connectivity index (χ4n) is 3.74. The van der Waals surface area contributed by atoms with Gasteiger partial charge in [-0.3, -0.25) is 14.6 Å². The number of carbonyl (C=O) groups is 2. The van der Waals surface area contributed by atoms with Crippen LogP contribution >= 0.6 is 0 Å². The first kappa shape index (κ1) is 18.2. The van der Waals surface area contributed by atoms with Crippen LogP contribution in [0.25, 0.3) is 0 Å². The lowest BCUT2D eigenvalue weighted by Crippen LogP contribution is -2.40. The number of amides is 2. The molecule has 1 atom stereocenters. The lowest BCUT2D eigenvalue weighted by molar-refractivity contribution is -0.130. The second kappa shape index (κ2) is 8.25. The summed E-state index contributed by atoms with van der Waals surface area (Å²) in [4.78, 5) is 26.7. The first-order valence-electron chi connectivity index (χ1n) is 9.75. The maximum atomic E-state index is 12.7. The monoisotopic (exact) mass is 376 g/mol. The molecule has 1 N–H and O–H groups in total. The molecular formula is C22H24N4O2. The van der Waals surface area contributed by atoms with Crippen molar-refractivity contribution < 1.29 is 9.59 Å².